The summed E-state index contributed by atoms with van der Waals surface area (Å²) < 4.78 is 5.16. The van der Waals surface area contributed by atoms with Crippen LogP contribution in [0.25, 0.3) is 0 Å². The highest BCUT2D eigenvalue weighted by Crippen LogP contribution is 2.30. The molecule has 1 aliphatic rings. The number of ether oxygens (including phenoxy) is 1. The Kier molecular flexibility index (Phi) is 3.08. The van der Waals surface area contributed by atoms with Gasteiger partial charge < -0.3 is 10.1 Å². The summed E-state index contributed by atoms with van der Waals surface area (Å²) in [5.74, 6) is 0. The molecule has 0 bridgehead atoms. The van der Waals surface area contributed by atoms with Crippen molar-refractivity contribution in [1.82, 2.24) is 5.32 Å². The standard InChI is InChI=1S/C13H19NO/c1-13(7-4-8-14-13)12-6-3-5-11(9-12)10-15-2/h3,5-6,9,14H,4,7-8,10H2,1-2H3. The molecule has 0 saturated carbocycles. The maximum absolute atomic E-state index is 5.16. The van der Waals surface area contributed by atoms with Gasteiger partial charge in [0.05, 0.1) is 6.61 Å². The van der Waals surface area contributed by atoms with E-state index in [9.17, 15) is 0 Å². The lowest BCUT2D eigenvalue weighted by Crippen LogP contribution is -2.33. The van der Waals surface area contributed by atoms with E-state index in [-0.39, 0.29) is 5.54 Å². The molecule has 0 aliphatic carbocycles. The quantitative estimate of drug-likeness (QED) is 0.818. The third-order valence-electron chi connectivity index (χ3n) is 3.24. The van der Waals surface area contributed by atoms with Gasteiger partial charge in [-0.15, -0.1) is 0 Å². The summed E-state index contributed by atoms with van der Waals surface area (Å²) in [5.41, 5.74) is 2.81. The van der Waals surface area contributed by atoms with Crippen LogP contribution >= 0.6 is 0 Å². The summed E-state index contributed by atoms with van der Waals surface area (Å²) in [6.07, 6.45) is 2.49. The van der Waals surface area contributed by atoms with Crippen molar-refractivity contribution >= 4 is 0 Å². The molecule has 0 radical (unpaired) electrons. The Balaban J connectivity index is 2.23. The zero-order valence-electron chi connectivity index (χ0n) is 9.55. The number of methoxy groups -OCH3 is 1. The highest BCUT2D eigenvalue weighted by molar-refractivity contribution is 5.29. The smallest absolute Gasteiger partial charge is 0.0713 e. The fourth-order valence-corrected chi connectivity index (χ4v) is 2.31. The van der Waals surface area contributed by atoms with Gasteiger partial charge in [-0.2, -0.15) is 0 Å². The van der Waals surface area contributed by atoms with E-state index in [1.165, 1.54) is 24.0 Å². The Labute approximate surface area is 91.6 Å². The molecular formula is C13H19NO. The molecular weight excluding hydrogens is 186 g/mol. The van der Waals surface area contributed by atoms with Crippen LogP contribution in [0.5, 0.6) is 0 Å². The van der Waals surface area contributed by atoms with Crippen LogP contribution in [0.4, 0.5) is 0 Å². The Morgan fingerprint density at radius 1 is 1.47 bits per heavy atom. The van der Waals surface area contributed by atoms with Gasteiger partial charge >= 0.3 is 0 Å². The fraction of sp³-hybridized carbons (Fsp3) is 0.538. The van der Waals surface area contributed by atoms with Gasteiger partial charge in [0, 0.05) is 12.6 Å². The number of hydrogen-bond donors (Lipinski definition) is 1. The molecule has 1 aromatic rings. The molecule has 15 heavy (non-hydrogen) atoms. The minimum atomic E-state index is 0.170. The number of nitrogens with one attached hydrogen (secondary N) is 1. The lowest BCUT2D eigenvalue weighted by molar-refractivity contribution is 0.184. The predicted octanol–water partition coefficient (Wildman–Crippen LogP) is 2.43. The normalized spacial score (nSPS) is 25.7. The second kappa shape index (κ2) is 4.33. The first-order valence-electron chi connectivity index (χ1n) is 5.58. The van der Waals surface area contributed by atoms with Gasteiger partial charge in [0.25, 0.3) is 0 Å². The molecule has 2 nitrogen and oxygen atoms in total. The first-order valence-corrected chi connectivity index (χ1v) is 5.58. The zero-order chi connectivity index (χ0) is 10.7. The van der Waals surface area contributed by atoms with Gasteiger partial charge in [-0.3, -0.25) is 0 Å². The SMILES string of the molecule is COCc1cccc(C2(C)CCCN2)c1. The van der Waals surface area contributed by atoms with E-state index in [0.717, 1.165) is 6.54 Å². The molecule has 1 aromatic carbocycles. The first-order chi connectivity index (χ1) is 7.24. The monoisotopic (exact) mass is 205 g/mol. The van der Waals surface area contributed by atoms with Crippen molar-refractivity contribution in [3.63, 3.8) is 0 Å². The Morgan fingerprint density at radius 2 is 2.33 bits per heavy atom. The molecule has 1 unspecified atom stereocenters. The van der Waals surface area contributed by atoms with E-state index in [1.54, 1.807) is 7.11 Å². The van der Waals surface area contributed by atoms with E-state index < -0.39 is 0 Å². The van der Waals surface area contributed by atoms with Gasteiger partial charge in [0.2, 0.25) is 0 Å². The van der Waals surface area contributed by atoms with Crippen molar-refractivity contribution in [3.8, 4) is 0 Å². The van der Waals surface area contributed by atoms with Crippen molar-refractivity contribution in [3.05, 3.63) is 35.4 Å². The van der Waals surface area contributed by atoms with Crippen LogP contribution in [-0.4, -0.2) is 13.7 Å². The van der Waals surface area contributed by atoms with Crippen LogP contribution in [0.2, 0.25) is 0 Å². The van der Waals surface area contributed by atoms with Gasteiger partial charge in [0.1, 0.15) is 0 Å². The molecule has 0 amide bonds. The summed E-state index contributed by atoms with van der Waals surface area (Å²) in [6, 6.07) is 8.69. The van der Waals surface area contributed by atoms with E-state index in [4.69, 9.17) is 4.74 Å². The highest BCUT2D eigenvalue weighted by atomic mass is 16.5. The van der Waals surface area contributed by atoms with E-state index >= 15 is 0 Å². The Hall–Kier alpha value is -0.860. The third kappa shape index (κ3) is 2.21. The molecule has 1 N–H and O–H groups in total. The predicted molar refractivity (Wildman–Crippen MR) is 61.7 cm³/mol. The van der Waals surface area contributed by atoms with Crippen molar-refractivity contribution in [1.29, 1.82) is 0 Å². The fourth-order valence-electron chi connectivity index (χ4n) is 2.31. The minimum Gasteiger partial charge on any atom is -0.380 e. The van der Waals surface area contributed by atoms with Gasteiger partial charge in [-0.05, 0) is 37.4 Å². The maximum atomic E-state index is 5.16. The molecule has 2 rings (SSSR count). The van der Waals surface area contributed by atoms with E-state index in [0.29, 0.717) is 6.61 Å². The topological polar surface area (TPSA) is 21.3 Å². The summed E-state index contributed by atoms with van der Waals surface area (Å²) in [6.45, 7) is 4.11. The van der Waals surface area contributed by atoms with Crippen molar-refractivity contribution < 1.29 is 4.74 Å². The molecule has 1 saturated heterocycles. The average molecular weight is 205 g/mol. The van der Waals surface area contributed by atoms with Gasteiger partial charge in [-0.25, -0.2) is 0 Å². The molecule has 82 valence electrons. The summed E-state index contributed by atoms with van der Waals surface area (Å²) in [7, 11) is 1.74. The van der Waals surface area contributed by atoms with Gasteiger partial charge in [0.15, 0.2) is 0 Å². The second-order valence-electron chi connectivity index (χ2n) is 4.50. The summed E-state index contributed by atoms with van der Waals surface area (Å²) in [4.78, 5) is 0. The maximum Gasteiger partial charge on any atom is 0.0713 e. The van der Waals surface area contributed by atoms with E-state index in [2.05, 4.69) is 36.5 Å². The van der Waals surface area contributed by atoms with Crippen LogP contribution in [0.1, 0.15) is 30.9 Å². The lowest BCUT2D eigenvalue weighted by atomic mass is 9.89. The van der Waals surface area contributed by atoms with Crippen molar-refractivity contribution in [2.24, 2.45) is 0 Å². The summed E-state index contributed by atoms with van der Waals surface area (Å²) >= 11 is 0. The largest absolute Gasteiger partial charge is 0.380 e. The van der Waals surface area contributed by atoms with E-state index in [1.807, 2.05) is 0 Å². The third-order valence-corrected chi connectivity index (χ3v) is 3.24. The van der Waals surface area contributed by atoms with Crippen LogP contribution in [0, 0.1) is 0 Å². The summed E-state index contributed by atoms with van der Waals surface area (Å²) in [5, 5.41) is 3.58. The lowest BCUT2D eigenvalue weighted by Gasteiger charge is -2.25. The zero-order valence-corrected chi connectivity index (χ0v) is 9.55. The van der Waals surface area contributed by atoms with Crippen molar-refractivity contribution in [2.75, 3.05) is 13.7 Å². The van der Waals surface area contributed by atoms with Gasteiger partial charge in [-0.1, -0.05) is 24.3 Å². The number of rotatable bonds is 3. The minimum absolute atomic E-state index is 0.170. The molecule has 0 aromatic heterocycles. The first kappa shape index (κ1) is 10.7. The Bertz CT molecular complexity index is 329. The van der Waals surface area contributed by atoms with Crippen LogP contribution in [0.3, 0.4) is 0 Å². The van der Waals surface area contributed by atoms with Crippen LogP contribution < -0.4 is 5.32 Å². The van der Waals surface area contributed by atoms with Crippen molar-refractivity contribution in [2.45, 2.75) is 31.9 Å². The number of hydrogen-bond acceptors (Lipinski definition) is 2. The molecule has 0 spiro atoms. The number of benzene rings is 1. The average Bonchev–Trinajstić information content (AvgIpc) is 2.68. The molecule has 2 heteroatoms. The molecule has 1 aliphatic heterocycles. The van der Waals surface area contributed by atoms with Crippen LogP contribution in [-0.2, 0) is 16.9 Å². The second-order valence-corrected chi connectivity index (χ2v) is 4.50. The van der Waals surface area contributed by atoms with Crippen LogP contribution in [0.15, 0.2) is 24.3 Å². The molecule has 1 fully saturated rings. The Morgan fingerprint density at radius 3 is 3.00 bits per heavy atom. The highest BCUT2D eigenvalue weighted by Gasteiger charge is 2.29. The molecule has 1 heterocycles. The molecule has 1 atom stereocenters.